The maximum atomic E-state index is 12.6. The lowest BCUT2D eigenvalue weighted by Gasteiger charge is -2.34. The summed E-state index contributed by atoms with van der Waals surface area (Å²) in [6.45, 7) is 6.02. The first-order chi connectivity index (χ1) is 10.4. The van der Waals surface area contributed by atoms with Crippen LogP contribution in [-0.2, 0) is 10.0 Å². The quantitative estimate of drug-likeness (QED) is 0.836. The summed E-state index contributed by atoms with van der Waals surface area (Å²) >= 11 is 0. The number of nitrogens with zero attached hydrogens (tertiary/aromatic N) is 1. The van der Waals surface area contributed by atoms with Crippen molar-refractivity contribution in [2.45, 2.75) is 26.3 Å². The Hall–Kier alpha value is -1.31. The first-order valence-corrected chi connectivity index (χ1v) is 9.20. The van der Waals surface area contributed by atoms with Crippen molar-refractivity contribution in [2.24, 2.45) is 0 Å². The first kappa shape index (κ1) is 19.7. The summed E-state index contributed by atoms with van der Waals surface area (Å²) in [6.07, 6.45) is 0.548. The van der Waals surface area contributed by atoms with Crippen molar-refractivity contribution in [3.8, 4) is 0 Å². The number of hydrogen-bond acceptors (Lipinski definition) is 4. The van der Waals surface area contributed by atoms with E-state index in [4.69, 9.17) is 0 Å². The second-order valence-corrected chi connectivity index (χ2v) is 7.40. The van der Waals surface area contributed by atoms with Gasteiger partial charge < -0.3 is 10.2 Å². The number of hydrogen-bond donors (Lipinski definition) is 2. The van der Waals surface area contributed by atoms with E-state index in [-0.39, 0.29) is 30.1 Å². The van der Waals surface area contributed by atoms with E-state index in [2.05, 4.69) is 10.0 Å². The number of amides is 1. The minimum Gasteiger partial charge on any atom is -0.333 e. The summed E-state index contributed by atoms with van der Waals surface area (Å²) in [5.74, 6) is 0.00513. The van der Waals surface area contributed by atoms with E-state index >= 15 is 0 Å². The van der Waals surface area contributed by atoms with Crippen LogP contribution in [0.5, 0.6) is 0 Å². The van der Waals surface area contributed by atoms with Gasteiger partial charge in [-0.15, -0.1) is 12.4 Å². The molecule has 0 bridgehead atoms. The molecule has 1 aliphatic rings. The van der Waals surface area contributed by atoms with Crippen LogP contribution in [0.3, 0.4) is 0 Å². The fraction of sp³-hybridized carbons (Fsp3) is 0.533. The Morgan fingerprint density at radius 1 is 1.43 bits per heavy atom. The number of piperazine rings is 1. The molecule has 1 aromatic rings. The molecule has 2 N–H and O–H groups in total. The van der Waals surface area contributed by atoms with Crippen molar-refractivity contribution >= 4 is 34.0 Å². The lowest BCUT2D eigenvalue weighted by molar-refractivity contribution is 0.0656. The molecular weight excluding hydrogens is 338 g/mol. The summed E-state index contributed by atoms with van der Waals surface area (Å²) in [6, 6.07) is 6.80. The van der Waals surface area contributed by atoms with Gasteiger partial charge in [0.1, 0.15) is 0 Å². The number of anilines is 1. The third-order valence-electron chi connectivity index (χ3n) is 3.62. The van der Waals surface area contributed by atoms with Gasteiger partial charge >= 0.3 is 0 Å². The monoisotopic (exact) mass is 361 g/mol. The molecular formula is C15H24ClN3O3S. The van der Waals surface area contributed by atoms with Crippen LogP contribution in [0.15, 0.2) is 24.3 Å². The molecule has 1 heterocycles. The number of carbonyl (C=O) groups excluding carboxylic acids is 1. The molecule has 0 spiro atoms. The molecule has 0 unspecified atom stereocenters. The minimum atomic E-state index is -3.35. The molecule has 23 heavy (non-hydrogen) atoms. The maximum Gasteiger partial charge on any atom is 0.254 e. The van der Waals surface area contributed by atoms with Crippen molar-refractivity contribution in [3.63, 3.8) is 0 Å². The van der Waals surface area contributed by atoms with Crippen molar-refractivity contribution in [2.75, 3.05) is 30.1 Å². The van der Waals surface area contributed by atoms with Gasteiger partial charge in [0, 0.05) is 36.9 Å². The fourth-order valence-electron chi connectivity index (χ4n) is 2.52. The number of carbonyl (C=O) groups is 1. The zero-order valence-corrected chi connectivity index (χ0v) is 15.0. The number of halogens is 1. The first-order valence-electron chi connectivity index (χ1n) is 7.55. The number of rotatable bonds is 5. The highest BCUT2D eigenvalue weighted by Gasteiger charge is 2.24. The average Bonchev–Trinajstić information content (AvgIpc) is 2.46. The molecule has 8 heteroatoms. The second-order valence-electron chi connectivity index (χ2n) is 5.55. The van der Waals surface area contributed by atoms with E-state index in [1.807, 2.05) is 18.7 Å². The van der Waals surface area contributed by atoms with Gasteiger partial charge in [0.15, 0.2) is 0 Å². The SMILES string of the molecule is CCCS(=O)(=O)Nc1cccc(C(=O)N2CCNC[C@@H]2C)c1.Cl. The number of benzene rings is 1. The zero-order chi connectivity index (χ0) is 16.2. The molecule has 1 saturated heterocycles. The van der Waals surface area contributed by atoms with Crippen LogP contribution in [0.2, 0.25) is 0 Å². The van der Waals surface area contributed by atoms with Gasteiger partial charge in [-0.2, -0.15) is 0 Å². The lowest BCUT2D eigenvalue weighted by Crippen LogP contribution is -2.52. The van der Waals surface area contributed by atoms with Gasteiger partial charge in [-0.3, -0.25) is 9.52 Å². The van der Waals surface area contributed by atoms with E-state index in [1.54, 1.807) is 24.3 Å². The summed E-state index contributed by atoms with van der Waals surface area (Å²) in [7, 11) is -3.35. The van der Waals surface area contributed by atoms with Crippen molar-refractivity contribution < 1.29 is 13.2 Å². The molecule has 0 radical (unpaired) electrons. The number of nitrogens with one attached hydrogen (secondary N) is 2. The van der Waals surface area contributed by atoms with Crippen molar-refractivity contribution in [3.05, 3.63) is 29.8 Å². The van der Waals surface area contributed by atoms with Crippen LogP contribution in [0.25, 0.3) is 0 Å². The van der Waals surface area contributed by atoms with Crippen LogP contribution in [0.1, 0.15) is 30.6 Å². The highest BCUT2D eigenvalue weighted by molar-refractivity contribution is 7.92. The lowest BCUT2D eigenvalue weighted by atomic mass is 10.1. The molecule has 0 saturated carbocycles. The van der Waals surface area contributed by atoms with E-state index in [1.165, 1.54) is 0 Å². The van der Waals surface area contributed by atoms with E-state index in [0.717, 1.165) is 13.1 Å². The summed E-state index contributed by atoms with van der Waals surface area (Å²) in [4.78, 5) is 14.4. The summed E-state index contributed by atoms with van der Waals surface area (Å²) in [5, 5.41) is 3.24. The van der Waals surface area contributed by atoms with Gasteiger partial charge in [-0.05, 0) is 31.5 Å². The van der Waals surface area contributed by atoms with Gasteiger partial charge in [-0.1, -0.05) is 13.0 Å². The summed E-state index contributed by atoms with van der Waals surface area (Å²) < 4.78 is 26.2. The predicted molar refractivity (Wildman–Crippen MR) is 94.8 cm³/mol. The van der Waals surface area contributed by atoms with Crippen molar-refractivity contribution in [1.82, 2.24) is 10.2 Å². The fourth-order valence-corrected chi connectivity index (χ4v) is 3.65. The maximum absolute atomic E-state index is 12.6. The Labute approximate surface area is 144 Å². The van der Waals surface area contributed by atoms with Crippen LogP contribution in [0, 0.1) is 0 Å². The largest absolute Gasteiger partial charge is 0.333 e. The van der Waals surface area contributed by atoms with Crippen LogP contribution in [0.4, 0.5) is 5.69 Å². The minimum absolute atomic E-state index is 0. The van der Waals surface area contributed by atoms with Gasteiger partial charge in [-0.25, -0.2) is 8.42 Å². The summed E-state index contributed by atoms with van der Waals surface area (Å²) in [5.41, 5.74) is 0.938. The Balaban J connectivity index is 0.00000264. The molecule has 130 valence electrons. The Morgan fingerprint density at radius 2 is 2.17 bits per heavy atom. The smallest absolute Gasteiger partial charge is 0.254 e. The molecule has 1 aliphatic heterocycles. The molecule has 1 aromatic carbocycles. The molecule has 6 nitrogen and oxygen atoms in total. The third kappa shape index (κ3) is 5.37. The second kappa shape index (κ2) is 8.52. The highest BCUT2D eigenvalue weighted by atomic mass is 35.5. The third-order valence-corrected chi connectivity index (χ3v) is 5.11. The number of sulfonamides is 1. The Morgan fingerprint density at radius 3 is 2.83 bits per heavy atom. The Kier molecular flexibility index (Phi) is 7.31. The molecule has 1 amide bonds. The molecule has 1 atom stereocenters. The molecule has 1 fully saturated rings. The topological polar surface area (TPSA) is 78.5 Å². The predicted octanol–water partition coefficient (Wildman–Crippen LogP) is 1.69. The van der Waals surface area contributed by atoms with Crippen LogP contribution in [-0.4, -0.2) is 50.7 Å². The van der Waals surface area contributed by atoms with Gasteiger partial charge in [0.2, 0.25) is 10.0 Å². The molecule has 0 aliphatic carbocycles. The van der Waals surface area contributed by atoms with E-state index in [9.17, 15) is 13.2 Å². The molecule has 2 rings (SSSR count). The van der Waals surface area contributed by atoms with E-state index in [0.29, 0.717) is 24.2 Å². The van der Waals surface area contributed by atoms with Gasteiger partial charge in [0.05, 0.1) is 5.75 Å². The normalized spacial score (nSPS) is 18.2. The van der Waals surface area contributed by atoms with Crippen LogP contribution >= 0.6 is 12.4 Å². The standard InChI is InChI=1S/C15H23N3O3S.ClH/c1-3-9-22(20,21)17-14-6-4-5-13(10-14)15(19)18-8-7-16-11-12(18)2;/h4-6,10,12,16-17H,3,7-9,11H2,1-2H3;1H/t12-;/m0./s1. The van der Waals surface area contributed by atoms with Gasteiger partial charge in [0.25, 0.3) is 5.91 Å². The zero-order valence-electron chi connectivity index (χ0n) is 13.4. The van der Waals surface area contributed by atoms with E-state index < -0.39 is 10.0 Å². The highest BCUT2D eigenvalue weighted by Crippen LogP contribution is 2.16. The van der Waals surface area contributed by atoms with Crippen LogP contribution < -0.4 is 10.0 Å². The van der Waals surface area contributed by atoms with Crippen molar-refractivity contribution in [1.29, 1.82) is 0 Å². The molecule has 0 aromatic heterocycles. The Bertz CT molecular complexity index is 637. The average molecular weight is 362 g/mol.